The Morgan fingerprint density at radius 3 is 2.48 bits per heavy atom. The molecule has 2 heterocycles. The predicted molar refractivity (Wildman–Crippen MR) is 120 cm³/mol. The highest BCUT2D eigenvalue weighted by atomic mass is 16.5. The number of nitrogens with zero attached hydrogens (tertiary/aromatic N) is 4. The van der Waals surface area contributed by atoms with Crippen LogP contribution < -0.4 is 9.47 Å². The van der Waals surface area contributed by atoms with Gasteiger partial charge in [0.25, 0.3) is 0 Å². The van der Waals surface area contributed by atoms with Crippen molar-refractivity contribution in [2.75, 3.05) is 14.2 Å². The number of carbonyl (C=O) groups excluding carboxylic acids is 1. The fourth-order valence-electron chi connectivity index (χ4n) is 3.38. The Labute approximate surface area is 190 Å². The fraction of sp³-hybridized carbons (Fsp3) is 0.250. The number of carbonyl (C=O) groups is 1. The summed E-state index contributed by atoms with van der Waals surface area (Å²) in [5.41, 5.74) is 3.80. The van der Waals surface area contributed by atoms with E-state index in [4.69, 9.17) is 18.6 Å². The van der Waals surface area contributed by atoms with E-state index in [0.717, 1.165) is 11.3 Å². The Bertz CT molecular complexity index is 1290. The number of para-hydroxylation sites is 1. The summed E-state index contributed by atoms with van der Waals surface area (Å²) in [5.74, 6) is 1.35. The van der Waals surface area contributed by atoms with E-state index in [1.165, 1.54) is 0 Å². The van der Waals surface area contributed by atoms with E-state index < -0.39 is 5.97 Å². The second-order valence-corrected chi connectivity index (χ2v) is 7.41. The molecule has 2 aromatic heterocycles. The summed E-state index contributed by atoms with van der Waals surface area (Å²) in [6.07, 6.45) is 0. The number of aryl methyl sites for hydroxylation is 2. The molecule has 9 heteroatoms. The largest absolute Gasteiger partial charge is 0.493 e. The molecule has 9 nitrogen and oxygen atoms in total. The first-order valence-corrected chi connectivity index (χ1v) is 10.3. The minimum atomic E-state index is -0.589. The third-order valence-corrected chi connectivity index (χ3v) is 5.23. The van der Waals surface area contributed by atoms with Gasteiger partial charge in [0, 0.05) is 0 Å². The van der Waals surface area contributed by atoms with Gasteiger partial charge in [0.1, 0.15) is 18.1 Å². The normalized spacial score (nSPS) is 10.8. The Kier molecular flexibility index (Phi) is 6.12. The van der Waals surface area contributed by atoms with Crippen molar-refractivity contribution in [3.05, 3.63) is 70.9 Å². The summed E-state index contributed by atoms with van der Waals surface area (Å²) in [5, 5.41) is 8.10. The van der Waals surface area contributed by atoms with Crippen LogP contribution in [0.15, 0.2) is 46.9 Å². The Morgan fingerprint density at radius 2 is 1.79 bits per heavy atom. The summed E-state index contributed by atoms with van der Waals surface area (Å²) >= 11 is 0. The lowest BCUT2D eigenvalue weighted by molar-refractivity contribution is 0.0459. The summed E-state index contributed by atoms with van der Waals surface area (Å²) in [6.45, 7) is 5.45. The van der Waals surface area contributed by atoms with Crippen molar-refractivity contribution in [2.45, 2.75) is 27.4 Å². The molecule has 170 valence electrons. The molecule has 0 amide bonds. The number of oxazole rings is 1. The van der Waals surface area contributed by atoms with Gasteiger partial charge in [0.2, 0.25) is 5.89 Å². The maximum atomic E-state index is 12.7. The number of benzene rings is 2. The van der Waals surface area contributed by atoms with Crippen LogP contribution in [0.3, 0.4) is 0 Å². The van der Waals surface area contributed by atoms with E-state index in [2.05, 4.69) is 15.3 Å². The van der Waals surface area contributed by atoms with Gasteiger partial charge in [-0.05, 0) is 45.0 Å². The number of hydrogen-bond donors (Lipinski definition) is 0. The molecule has 0 N–H and O–H groups in total. The highest BCUT2D eigenvalue weighted by Crippen LogP contribution is 2.38. The van der Waals surface area contributed by atoms with Crippen LogP contribution in [0.4, 0.5) is 0 Å². The van der Waals surface area contributed by atoms with Crippen LogP contribution in [0.5, 0.6) is 11.5 Å². The summed E-state index contributed by atoms with van der Waals surface area (Å²) in [6, 6.07) is 13.2. The van der Waals surface area contributed by atoms with Crippen molar-refractivity contribution in [1.29, 1.82) is 0 Å². The average Bonchev–Trinajstić information content (AvgIpc) is 3.39. The zero-order valence-electron chi connectivity index (χ0n) is 19.1. The Hall–Kier alpha value is -4.14. The van der Waals surface area contributed by atoms with Crippen molar-refractivity contribution in [3.63, 3.8) is 0 Å². The van der Waals surface area contributed by atoms with Gasteiger partial charge in [-0.2, -0.15) is 0 Å². The van der Waals surface area contributed by atoms with Crippen molar-refractivity contribution in [2.24, 2.45) is 0 Å². The first-order chi connectivity index (χ1) is 15.9. The van der Waals surface area contributed by atoms with E-state index in [-0.39, 0.29) is 12.3 Å². The van der Waals surface area contributed by atoms with Crippen LogP contribution in [0.1, 0.15) is 33.2 Å². The number of ether oxygens (including phenoxy) is 3. The lowest BCUT2D eigenvalue weighted by Crippen LogP contribution is -2.09. The van der Waals surface area contributed by atoms with Crippen LogP contribution in [0.25, 0.3) is 17.1 Å². The Balaban J connectivity index is 1.51. The SMILES string of the molecule is COc1cccc(-c2nc(COC(=O)c3nnn(-c4ccc(C)cc4)c3C)c(C)o2)c1OC. The smallest absolute Gasteiger partial charge is 0.361 e. The maximum Gasteiger partial charge on any atom is 0.361 e. The van der Waals surface area contributed by atoms with Crippen molar-refractivity contribution in [3.8, 4) is 28.6 Å². The zero-order chi connectivity index (χ0) is 23.5. The minimum Gasteiger partial charge on any atom is -0.493 e. The van der Waals surface area contributed by atoms with Crippen LogP contribution in [-0.4, -0.2) is 40.2 Å². The molecule has 0 aliphatic heterocycles. The topological polar surface area (TPSA) is 102 Å². The molecule has 0 bridgehead atoms. The number of rotatable bonds is 7. The van der Waals surface area contributed by atoms with Crippen molar-refractivity contribution < 1.29 is 23.4 Å². The van der Waals surface area contributed by atoms with Crippen LogP contribution in [0.2, 0.25) is 0 Å². The zero-order valence-corrected chi connectivity index (χ0v) is 19.1. The van der Waals surface area contributed by atoms with E-state index in [1.54, 1.807) is 38.8 Å². The summed E-state index contributed by atoms with van der Waals surface area (Å²) in [4.78, 5) is 17.2. The van der Waals surface area contributed by atoms with E-state index in [9.17, 15) is 4.79 Å². The number of esters is 1. The van der Waals surface area contributed by atoms with Gasteiger partial charge < -0.3 is 18.6 Å². The third kappa shape index (κ3) is 4.30. The first kappa shape index (κ1) is 22.1. The molecule has 0 spiro atoms. The van der Waals surface area contributed by atoms with Gasteiger partial charge in [-0.15, -0.1) is 5.10 Å². The number of hydrogen-bond acceptors (Lipinski definition) is 8. The summed E-state index contributed by atoms with van der Waals surface area (Å²) in [7, 11) is 3.11. The molecule has 0 saturated heterocycles. The molecule has 0 saturated carbocycles. The van der Waals surface area contributed by atoms with Gasteiger partial charge >= 0.3 is 5.97 Å². The van der Waals surface area contributed by atoms with Crippen LogP contribution in [0, 0.1) is 20.8 Å². The molecule has 0 atom stereocenters. The van der Waals surface area contributed by atoms with Gasteiger partial charge in [-0.25, -0.2) is 14.5 Å². The van der Waals surface area contributed by atoms with Gasteiger partial charge in [0.15, 0.2) is 17.2 Å². The van der Waals surface area contributed by atoms with Crippen LogP contribution >= 0.6 is 0 Å². The third-order valence-electron chi connectivity index (χ3n) is 5.23. The summed E-state index contributed by atoms with van der Waals surface area (Å²) < 4.78 is 23.7. The quantitative estimate of drug-likeness (QED) is 0.387. The highest BCUT2D eigenvalue weighted by Gasteiger charge is 2.22. The average molecular weight is 448 g/mol. The first-order valence-electron chi connectivity index (χ1n) is 10.3. The van der Waals surface area contributed by atoms with E-state index in [1.807, 2.05) is 43.3 Å². The van der Waals surface area contributed by atoms with Crippen molar-refractivity contribution in [1.82, 2.24) is 20.0 Å². The lowest BCUT2D eigenvalue weighted by Gasteiger charge is -2.09. The molecule has 0 radical (unpaired) electrons. The van der Waals surface area contributed by atoms with Crippen LogP contribution in [-0.2, 0) is 11.3 Å². The molecule has 4 aromatic rings. The van der Waals surface area contributed by atoms with Gasteiger partial charge in [-0.1, -0.05) is 29.0 Å². The van der Waals surface area contributed by atoms with Gasteiger partial charge in [0.05, 0.1) is 31.2 Å². The monoisotopic (exact) mass is 448 g/mol. The molecular weight excluding hydrogens is 424 g/mol. The second kappa shape index (κ2) is 9.15. The predicted octanol–water partition coefficient (Wildman–Crippen LogP) is 4.22. The standard InChI is InChI=1S/C24H24N4O5/c1-14-9-11-17(12-10-14)28-15(2)21(26-27-28)24(29)32-13-19-16(3)33-23(25-19)18-7-6-8-20(30-4)22(18)31-5/h6-12H,13H2,1-5H3. The molecule has 2 aromatic carbocycles. The Morgan fingerprint density at radius 1 is 1.03 bits per heavy atom. The van der Waals surface area contributed by atoms with Crippen molar-refractivity contribution >= 4 is 5.97 Å². The molecule has 0 unspecified atom stereocenters. The van der Waals surface area contributed by atoms with E-state index >= 15 is 0 Å². The lowest BCUT2D eigenvalue weighted by atomic mass is 10.2. The number of aromatic nitrogens is 4. The number of methoxy groups -OCH3 is 2. The fourth-order valence-corrected chi connectivity index (χ4v) is 3.38. The highest BCUT2D eigenvalue weighted by molar-refractivity contribution is 5.88. The molecule has 33 heavy (non-hydrogen) atoms. The molecule has 4 rings (SSSR count). The minimum absolute atomic E-state index is 0.0721. The molecule has 0 aliphatic rings. The molecular formula is C24H24N4O5. The molecule has 0 aliphatic carbocycles. The van der Waals surface area contributed by atoms with Gasteiger partial charge in [-0.3, -0.25) is 0 Å². The maximum absolute atomic E-state index is 12.7. The second-order valence-electron chi connectivity index (χ2n) is 7.41. The molecule has 0 fully saturated rings. The van der Waals surface area contributed by atoms with E-state index in [0.29, 0.717) is 40.1 Å².